The van der Waals surface area contributed by atoms with E-state index < -0.39 is 39.2 Å². The van der Waals surface area contributed by atoms with E-state index in [4.69, 9.17) is 0 Å². The van der Waals surface area contributed by atoms with Crippen molar-refractivity contribution >= 4 is 21.9 Å². The van der Waals surface area contributed by atoms with Crippen LogP contribution in [0.15, 0.2) is 11.8 Å². The summed E-state index contributed by atoms with van der Waals surface area (Å²) in [4.78, 5) is 0. The smallest absolute Gasteiger partial charge is 0.383 e. The zero-order valence-electron chi connectivity index (χ0n) is 11.8. The highest BCUT2D eigenvalue weighted by Crippen LogP contribution is 2.55. The Hall–Kier alpha value is -0.790. The Kier molecular flexibility index (Phi) is 4.81. The van der Waals surface area contributed by atoms with Crippen LogP contribution in [0.1, 0.15) is 19.3 Å². The Labute approximate surface area is 139 Å². The summed E-state index contributed by atoms with van der Waals surface area (Å²) >= 11 is 1.35. The molecule has 2 aliphatic heterocycles. The molecule has 146 valence electrons. The van der Waals surface area contributed by atoms with Crippen molar-refractivity contribution in [1.82, 2.24) is 0 Å². The summed E-state index contributed by atoms with van der Waals surface area (Å²) < 4.78 is 141. The van der Waals surface area contributed by atoms with Gasteiger partial charge in [-0.15, -0.1) is 0 Å². The summed E-state index contributed by atoms with van der Waals surface area (Å²) in [6, 6.07) is 0. The average molecular weight is 424 g/mol. The van der Waals surface area contributed by atoms with E-state index in [9.17, 15) is 47.9 Å². The molecule has 0 saturated carbocycles. The molecule has 0 radical (unpaired) electrons. The lowest BCUT2D eigenvalue weighted by molar-refractivity contribution is -0.382. The monoisotopic (exact) mass is 424 g/mol. The van der Waals surface area contributed by atoms with Gasteiger partial charge >= 0.3 is 33.4 Å². The molecule has 0 spiro atoms. The minimum Gasteiger partial charge on any atom is -0.383 e. The van der Waals surface area contributed by atoms with Crippen molar-refractivity contribution in [3.63, 3.8) is 0 Å². The van der Waals surface area contributed by atoms with E-state index in [2.05, 4.69) is 4.18 Å². The Morgan fingerprint density at radius 2 is 1.52 bits per heavy atom. The van der Waals surface area contributed by atoms with Gasteiger partial charge in [0, 0.05) is 16.9 Å². The normalized spacial score (nSPS) is 25.7. The number of alkyl halides is 9. The summed E-state index contributed by atoms with van der Waals surface area (Å²) in [5, 5.41) is -7.40. The molecule has 2 aliphatic rings. The van der Waals surface area contributed by atoms with Gasteiger partial charge < -0.3 is 4.18 Å². The summed E-state index contributed by atoms with van der Waals surface area (Å²) in [6.45, 7) is 0. The van der Waals surface area contributed by atoms with Crippen molar-refractivity contribution in [2.75, 3.05) is 0 Å². The van der Waals surface area contributed by atoms with Crippen LogP contribution in [0.3, 0.4) is 0 Å². The maximum Gasteiger partial charge on any atom is 0.460 e. The van der Waals surface area contributed by atoms with Crippen molar-refractivity contribution in [1.29, 1.82) is 0 Å². The summed E-state index contributed by atoms with van der Waals surface area (Å²) in [5.41, 5.74) is 0. The molecule has 0 aromatic rings. The number of halogens is 9. The highest BCUT2D eigenvalue weighted by molar-refractivity contribution is 8.01. The lowest BCUT2D eigenvalue weighted by atomic mass is 10.1. The second-order valence-electron chi connectivity index (χ2n) is 5.41. The van der Waals surface area contributed by atoms with Gasteiger partial charge in [0.05, 0.1) is 0 Å². The van der Waals surface area contributed by atoms with E-state index in [0.717, 1.165) is 6.08 Å². The van der Waals surface area contributed by atoms with Gasteiger partial charge in [-0.1, -0.05) is 0 Å². The van der Waals surface area contributed by atoms with E-state index in [1.807, 2.05) is 0 Å². The third-order valence-corrected chi connectivity index (χ3v) is 6.41. The van der Waals surface area contributed by atoms with Gasteiger partial charge in [-0.2, -0.15) is 59.7 Å². The van der Waals surface area contributed by atoms with E-state index in [-0.39, 0.29) is 16.9 Å². The van der Waals surface area contributed by atoms with Gasteiger partial charge in [0.15, 0.2) is 0 Å². The van der Waals surface area contributed by atoms with Gasteiger partial charge in [-0.05, 0) is 18.9 Å². The fraction of sp³-hybridized carbons (Fsp3) is 0.818. The van der Waals surface area contributed by atoms with Crippen molar-refractivity contribution in [2.24, 2.45) is 0 Å². The number of hydrogen-bond donors (Lipinski definition) is 0. The van der Waals surface area contributed by atoms with Crippen LogP contribution in [0.5, 0.6) is 0 Å². The standard InChI is InChI=1S/C11H9F9O3S2/c12-8(13,10(16,17)18)9(14,15)11(19,20)25(21,22)23-5-3-6-1-2-7(4-5)24-6/h3,6-7H,1-2,4H2/t6-,7+/m0/s1. The Morgan fingerprint density at radius 3 is 2.00 bits per heavy atom. The molecule has 25 heavy (non-hydrogen) atoms. The molecule has 1 fully saturated rings. The van der Waals surface area contributed by atoms with Crippen LogP contribution in [0.4, 0.5) is 39.5 Å². The molecular weight excluding hydrogens is 415 g/mol. The van der Waals surface area contributed by atoms with Crippen LogP contribution in [0.2, 0.25) is 0 Å². The molecule has 2 heterocycles. The zero-order chi connectivity index (χ0) is 19.5. The largest absolute Gasteiger partial charge is 0.460 e. The lowest BCUT2D eigenvalue weighted by Crippen LogP contribution is -2.63. The third kappa shape index (κ3) is 3.19. The predicted molar refractivity (Wildman–Crippen MR) is 68.0 cm³/mol. The van der Waals surface area contributed by atoms with Crippen molar-refractivity contribution in [3.05, 3.63) is 11.8 Å². The van der Waals surface area contributed by atoms with Crippen LogP contribution in [-0.4, -0.2) is 42.2 Å². The maximum atomic E-state index is 13.5. The van der Waals surface area contributed by atoms with Crippen LogP contribution < -0.4 is 0 Å². The first-order chi connectivity index (χ1) is 11.0. The molecule has 3 nitrogen and oxygen atoms in total. The van der Waals surface area contributed by atoms with Gasteiger partial charge in [-0.3, -0.25) is 0 Å². The average Bonchev–Trinajstić information content (AvgIpc) is 2.75. The molecule has 0 aliphatic carbocycles. The van der Waals surface area contributed by atoms with E-state index in [1.54, 1.807) is 0 Å². The van der Waals surface area contributed by atoms with Crippen LogP contribution in [0, 0.1) is 0 Å². The molecule has 2 atom stereocenters. The quantitative estimate of drug-likeness (QED) is 0.488. The first kappa shape index (κ1) is 20.5. The molecule has 2 bridgehead atoms. The molecule has 0 aromatic carbocycles. The highest BCUT2D eigenvalue weighted by Gasteiger charge is 2.86. The highest BCUT2D eigenvalue weighted by atomic mass is 32.2. The second kappa shape index (κ2) is 5.86. The van der Waals surface area contributed by atoms with Crippen LogP contribution >= 0.6 is 11.8 Å². The summed E-state index contributed by atoms with van der Waals surface area (Å²) in [6.07, 6.45) is -5.23. The molecule has 14 heteroatoms. The second-order valence-corrected chi connectivity index (χ2v) is 8.54. The topological polar surface area (TPSA) is 43.4 Å². The third-order valence-electron chi connectivity index (χ3n) is 3.59. The fourth-order valence-corrected chi connectivity index (χ4v) is 4.76. The number of fused-ring (bicyclic) bond motifs is 2. The van der Waals surface area contributed by atoms with E-state index in [0.29, 0.717) is 12.8 Å². The minimum absolute atomic E-state index is 0.244. The molecule has 0 unspecified atom stereocenters. The maximum absolute atomic E-state index is 13.5. The molecular formula is C11H9F9O3S2. The van der Waals surface area contributed by atoms with E-state index in [1.165, 1.54) is 11.8 Å². The molecule has 2 rings (SSSR count). The van der Waals surface area contributed by atoms with Gasteiger partial charge in [-0.25, -0.2) is 0 Å². The predicted octanol–water partition coefficient (Wildman–Crippen LogP) is 4.31. The van der Waals surface area contributed by atoms with Crippen LogP contribution in [0.25, 0.3) is 0 Å². The zero-order valence-corrected chi connectivity index (χ0v) is 13.4. The summed E-state index contributed by atoms with van der Waals surface area (Å²) in [7, 11) is -6.82. The number of rotatable bonds is 5. The first-order valence-electron chi connectivity index (χ1n) is 6.53. The Bertz CT molecular complexity index is 669. The first-order valence-corrected chi connectivity index (χ1v) is 8.88. The van der Waals surface area contributed by atoms with Gasteiger partial charge in [0.2, 0.25) is 0 Å². The number of thioether (sulfide) groups is 1. The minimum atomic E-state index is -7.30. The molecule has 0 aromatic heterocycles. The van der Waals surface area contributed by atoms with Crippen molar-refractivity contribution in [2.45, 2.75) is 53.0 Å². The Morgan fingerprint density at radius 1 is 0.960 bits per heavy atom. The van der Waals surface area contributed by atoms with Crippen molar-refractivity contribution in [3.8, 4) is 0 Å². The molecule has 0 amide bonds. The van der Waals surface area contributed by atoms with Crippen molar-refractivity contribution < 1.29 is 52.1 Å². The number of allylic oxidation sites excluding steroid dienone is 1. The Balaban J connectivity index is 2.33. The van der Waals surface area contributed by atoms with E-state index >= 15 is 0 Å². The van der Waals surface area contributed by atoms with Gasteiger partial charge in [0.1, 0.15) is 5.76 Å². The number of hydrogen-bond acceptors (Lipinski definition) is 4. The van der Waals surface area contributed by atoms with Crippen LogP contribution in [-0.2, 0) is 14.3 Å². The summed E-state index contributed by atoms with van der Waals surface area (Å²) in [5.74, 6) is -15.3. The fourth-order valence-electron chi connectivity index (χ4n) is 2.28. The SMILES string of the molecule is O=S(=O)(OC1=C[C@@H]2CC[C@H](C1)S2)C(F)(F)C(F)(F)C(F)(F)C(F)(F)F. The van der Waals surface area contributed by atoms with Gasteiger partial charge in [0.25, 0.3) is 0 Å². The molecule has 1 saturated heterocycles. The lowest BCUT2D eigenvalue weighted by Gasteiger charge is -2.33. The molecule has 0 N–H and O–H groups in total.